The lowest BCUT2D eigenvalue weighted by molar-refractivity contribution is -0.171. The first-order valence-electron chi connectivity index (χ1n) is 9.65. The molecule has 0 aliphatic heterocycles. The number of amides is 1. The van der Waals surface area contributed by atoms with Gasteiger partial charge >= 0.3 is 5.97 Å². The molecule has 27 heavy (non-hydrogen) atoms. The molecule has 6 heteroatoms. The average Bonchev–Trinajstić information content (AvgIpc) is 2.65. The highest BCUT2D eigenvalue weighted by atomic mass is 16.5. The van der Waals surface area contributed by atoms with E-state index in [0.717, 1.165) is 5.56 Å². The van der Waals surface area contributed by atoms with Crippen LogP contribution in [0.3, 0.4) is 0 Å². The Kier molecular flexibility index (Phi) is 7.00. The van der Waals surface area contributed by atoms with E-state index in [4.69, 9.17) is 15.2 Å². The number of nitrogens with one attached hydrogen (secondary N) is 1. The maximum absolute atomic E-state index is 12.8. The van der Waals surface area contributed by atoms with Crippen molar-refractivity contribution in [2.45, 2.75) is 52.2 Å². The summed E-state index contributed by atoms with van der Waals surface area (Å²) in [6, 6.07) is 9.70. The zero-order valence-corrected chi connectivity index (χ0v) is 16.8. The maximum atomic E-state index is 12.8. The van der Waals surface area contributed by atoms with E-state index in [9.17, 15) is 9.59 Å². The molecule has 1 aliphatic carbocycles. The van der Waals surface area contributed by atoms with Gasteiger partial charge in [-0.1, -0.05) is 44.2 Å². The number of rotatable bonds is 9. The predicted molar refractivity (Wildman–Crippen MR) is 104 cm³/mol. The molecule has 0 bridgehead atoms. The maximum Gasteiger partial charge on any atom is 0.311 e. The molecule has 1 fully saturated rings. The van der Waals surface area contributed by atoms with E-state index in [0.29, 0.717) is 26.1 Å². The summed E-state index contributed by atoms with van der Waals surface area (Å²) >= 11 is 0. The first kappa shape index (κ1) is 21.4. The van der Waals surface area contributed by atoms with Gasteiger partial charge in [-0.25, -0.2) is 0 Å². The molecule has 1 amide bonds. The van der Waals surface area contributed by atoms with E-state index < -0.39 is 16.9 Å². The van der Waals surface area contributed by atoms with Crippen molar-refractivity contribution in [3.8, 4) is 0 Å². The van der Waals surface area contributed by atoms with Crippen LogP contribution in [-0.2, 0) is 25.5 Å². The van der Waals surface area contributed by atoms with E-state index >= 15 is 0 Å². The molecule has 1 saturated carbocycles. The third-order valence-electron chi connectivity index (χ3n) is 5.69. The van der Waals surface area contributed by atoms with Crippen LogP contribution < -0.4 is 11.1 Å². The molecular formula is C21H32N2O4. The fraction of sp³-hybridized carbons (Fsp3) is 0.619. The summed E-state index contributed by atoms with van der Waals surface area (Å²) in [6.45, 7) is 8.69. The highest BCUT2D eigenvalue weighted by molar-refractivity contribution is 5.89. The van der Waals surface area contributed by atoms with Crippen molar-refractivity contribution in [1.82, 2.24) is 5.32 Å². The number of carbonyl (C=O) groups is 2. The van der Waals surface area contributed by atoms with Gasteiger partial charge in [0, 0.05) is 25.0 Å². The van der Waals surface area contributed by atoms with Crippen LogP contribution in [0.25, 0.3) is 0 Å². The molecule has 2 rings (SSSR count). The number of esters is 1. The summed E-state index contributed by atoms with van der Waals surface area (Å²) in [5, 5.41) is 2.88. The molecule has 1 aromatic carbocycles. The molecule has 0 saturated heterocycles. The van der Waals surface area contributed by atoms with Crippen LogP contribution >= 0.6 is 0 Å². The fourth-order valence-corrected chi connectivity index (χ4v) is 3.59. The van der Waals surface area contributed by atoms with Gasteiger partial charge in [0.2, 0.25) is 5.91 Å². The monoisotopic (exact) mass is 376 g/mol. The molecular weight excluding hydrogens is 344 g/mol. The fourth-order valence-electron chi connectivity index (χ4n) is 3.59. The van der Waals surface area contributed by atoms with Gasteiger partial charge in [-0.15, -0.1) is 0 Å². The Morgan fingerprint density at radius 2 is 1.89 bits per heavy atom. The normalized spacial score (nSPS) is 24.6. The van der Waals surface area contributed by atoms with E-state index in [1.54, 1.807) is 6.92 Å². The second-order valence-corrected chi connectivity index (χ2v) is 7.69. The highest BCUT2D eigenvalue weighted by Crippen LogP contribution is 2.49. The number of ether oxygens (including phenoxy) is 2. The number of hydrogen-bond donors (Lipinski definition) is 2. The van der Waals surface area contributed by atoms with Crippen LogP contribution in [-0.4, -0.2) is 43.3 Å². The Labute approximate surface area is 161 Å². The summed E-state index contributed by atoms with van der Waals surface area (Å²) in [5.74, 6) is -1.01. The van der Waals surface area contributed by atoms with Crippen molar-refractivity contribution < 1.29 is 19.1 Å². The lowest BCUT2D eigenvalue weighted by Crippen LogP contribution is -2.76. The zero-order chi connectivity index (χ0) is 20.1. The number of nitrogens with two attached hydrogens (primary N) is 1. The number of benzene rings is 1. The largest absolute Gasteiger partial charge is 0.466 e. The molecule has 150 valence electrons. The van der Waals surface area contributed by atoms with Gasteiger partial charge in [0.05, 0.1) is 18.6 Å². The summed E-state index contributed by atoms with van der Waals surface area (Å²) in [5.41, 5.74) is 5.96. The smallest absolute Gasteiger partial charge is 0.311 e. The molecule has 1 aromatic rings. The second kappa shape index (κ2) is 8.85. The summed E-state index contributed by atoms with van der Waals surface area (Å²) in [6.07, 6.45) is 0.939. The van der Waals surface area contributed by atoms with Crippen molar-refractivity contribution in [2.75, 3.05) is 19.8 Å². The summed E-state index contributed by atoms with van der Waals surface area (Å²) < 4.78 is 10.9. The minimum absolute atomic E-state index is 0.0385. The van der Waals surface area contributed by atoms with Crippen LogP contribution in [0.1, 0.15) is 39.7 Å². The van der Waals surface area contributed by atoms with Gasteiger partial charge in [0.25, 0.3) is 0 Å². The molecule has 1 aliphatic rings. The van der Waals surface area contributed by atoms with Gasteiger partial charge in [0.1, 0.15) is 5.54 Å². The van der Waals surface area contributed by atoms with Crippen LogP contribution in [0.15, 0.2) is 30.3 Å². The first-order chi connectivity index (χ1) is 12.8. The first-order valence-corrected chi connectivity index (χ1v) is 9.65. The molecule has 0 radical (unpaired) electrons. The minimum atomic E-state index is -1.00. The molecule has 0 spiro atoms. The van der Waals surface area contributed by atoms with Gasteiger partial charge in [-0.3, -0.25) is 9.59 Å². The molecule has 3 unspecified atom stereocenters. The standard InChI is InChI=1S/C21H32N2O4/c1-5-26-17-13-21(22,20(17,3)4)19(25)23-14-16(18(24)27-6-2)12-15-10-8-7-9-11-15/h7-11,16-17H,5-6,12-14,22H2,1-4H3,(H,23,25). The topological polar surface area (TPSA) is 90.7 Å². The molecule has 0 aromatic heterocycles. The minimum Gasteiger partial charge on any atom is -0.466 e. The van der Waals surface area contributed by atoms with E-state index in [2.05, 4.69) is 5.32 Å². The van der Waals surface area contributed by atoms with Gasteiger partial charge in [-0.05, 0) is 25.8 Å². The Balaban J connectivity index is 2.01. The van der Waals surface area contributed by atoms with Crippen molar-refractivity contribution in [1.29, 1.82) is 0 Å². The Morgan fingerprint density at radius 3 is 2.44 bits per heavy atom. The van der Waals surface area contributed by atoms with Crippen LogP contribution in [0.2, 0.25) is 0 Å². The highest BCUT2D eigenvalue weighted by Gasteiger charge is 2.62. The van der Waals surface area contributed by atoms with Crippen molar-refractivity contribution in [3.63, 3.8) is 0 Å². The Morgan fingerprint density at radius 1 is 1.22 bits per heavy atom. The van der Waals surface area contributed by atoms with E-state index in [-0.39, 0.29) is 24.5 Å². The number of hydrogen-bond acceptors (Lipinski definition) is 5. The third-order valence-corrected chi connectivity index (χ3v) is 5.69. The van der Waals surface area contributed by atoms with Crippen molar-refractivity contribution in [2.24, 2.45) is 17.1 Å². The van der Waals surface area contributed by atoms with Gasteiger partial charge < -0.3 is 20.5 Å². The third kappa shape index (κ3) is 4.50. The Bertz CT molecular complexity index is 647. The van der Waals surface area contributed by atoms with Crippen molar-refractivity contribution in [3.05, 3.63) is 35.9 Å². The summed E-state index contributed by atoms with van der Waals surface area (Å²) in [7, 11) is 0. The zero-order valence-electron chi connectivity index (χ0n) is 16.8. The SMILES string of the molecule is CCOC(=O)C(CNC(=O)C1(N)CC(OCC)C1(C)C)Cc1ccccc1. The second-order valence-electron chi connectivity index (χ2n) is 7.69. The van der Waals surface area contributed by atoms with E-state index in [1.807, 2.05) is 51.1 Å². The van der Waals surface area contributed by atoms with Crippen molar-refractivity contribution >= 4 is 11.9 Å². The van der Waals surface area contributed by atoms with Crippen LogP contribution in [0.5, 0.6) is 0 Å². The van der Waals surface area contributed by atoms with Crippen LogP contribution in [0.4, 0.5) is 0 Å². The molecule has 6 nitrogen and oxygen atoms in total. The lowest BCUT2D eigenvalue weighted by Gasteiger charge is -2.57. The van der Waals surface area contributed by atoms with Gasteiger partial charge in [-0.2, -0.15) is 0 Å². The summed E-state index contributed by atoms with van der Waals surface area (Å²) in [4.78, 5) is 25.1. The molecule has 3 N–H and O–H groups in total. The average molecular weight is 376 g/mol. The predicted octanol–water partition coefficient (Wildman–Crippen LogP) is 2.06. The van der Waals surface area contributed by atoms with E-state index in [1.165, 1.54) is 0 Å². The lowest BCUT2D eigenvalue weighted by atomic mass is 9.54. The van der Waals surface area contributed by atoms with Gasteiger partial charge in [0.15, 0.2) is 0 Å². The molecule has 3 atom stereocenters. The van der Waals surface area contributed by atoms with Crippen LogP contribution in [0, 0.1) is 11.3 Å². The quantitative estimate of drug-likeness (QED) is 0.644. The Hall–Kier alpha value is -1.92. The molecule has 0 heterocycles. The number of carbonyl (C=O) groups excluding carboxylic acids is 2.